The van der Waals surface area contributed by atoms with Crippen molar-refractivity contribution in [2.24, 2.45) is 0 Å². The van der Waals surface area contributed by atoms with Crippen molar-refractivity contribution in [2.45, 2.75) is 19.4 Å². The van der Waals surface area contributed by atoms with Gasteiger partial charge >= 0.3 is 0 Å². The van der Waals surface area contributed by atoms with Crippen molar-refractivity contribution < 1.29 is 17.9 Å². The van der Waals surface area contributed by atoms with Gasteiger partial charge in [-0.05, 0) is 36.2 Å². The molecule has 0 aliphatic carbocycles. The van der Waals surface area contributed by atoms with Crippen molar-refractivity contribution in [3.63, 3.8) is 0 Å². The minimum atomic E-state index is -3.81. The zero-order valence-corrected chi connectivity index (χ0v) is 19.2. The van der Waals surface area contributed by atoms with Crippen molar-refractivity contribution in [3.8, 4) is 5.75 Å². The summed E-state index contributed by atoms with van der Waals surface area (Å²) in [7, 11) is -2.24. The van der Waals surface area contributed by atoms with E-state index in [0.29, 0.717) is 12.2 Å². The van der Waals surface area contributed by atoms with E-state index in [4.69, 9.17) is 39.5 Å². The molecule has 0 saturated carbocycles. The Kier molecular flexibility index (Phi) is 8.05. The van der Waals surface area contributed by atoms with Crippen molar-refractivity contribution in [1.29, 1.82) is 0 Å². The molecule has 0 bridgehead atoms. The Labute approximate surface area is 185 Å². The highest BCUT2D eigenvalue weighted by Gasteiger charge is 2.25. The minimum absolute atomic E-state index is 0.0693. The Morgan fingerprint density at radius 1 is 1.10 bits per heavy atom. The zero-order chi connectivity index (χ0) is 21.8. The fourth-order valence-corrected chi connectivity index (χ4v) is 4.27. The highest BCUT2D eigenvalue weighted by molar-refractivity contribution is 7.92. The predicted molar refractivity (Wildman–Crippen MR) is 118 cm³/mol. The van der Waals surface area contributed by atoms with Gasteiger partial charge in [0.05, 0.1) is 40.2 Å². The van der Waals surface area contributed by atoms with Gasteiger partial charge in [0.2, 0.25) is 15.9 Å². The molecule has 0 aromatic heterocycles. The lowest BCUT2D eigenvalue weighted by atomic mass is 10.0. The first kappa shape index (κ1) is 23.6. The number of carbonyl (C=O) groups excluding carboxylic acids is 1. The molecule has 2 aromatic carbocycles. The summed E-state index contributed by atoms with van der Waals surface area (Å²) >= 11 is 18.1. The van der Waals surface area contributed by atoms with Crippen LogP contribution in [0.5, 0.6) is 5.75 Å². The lowest BCUT2D eigenvalue weighted by Gasteiger charge is -2.25. The Hall–Kier alpha value is -1.67. The van der Waals surface area contributed by atoms with Gasteiger partial charge in [-0.1, -0.05) is 53.9 Å². The normalized spacial score (nSPS) is 12.3. The first-order valence-corrected chi connectivity index (χ1v) is 11.6. The van der Waals surface area contributed by atoms with Crippen LogP contribution in [0, 0.1) is 0 Å². The lowest BCUT2D eigenvalue weighted by Crippen LogP contribution is -2.41. The Balaban J connectivity index is 2.25. The van der Waals surface area contributed by atoms with E-state index in [-0.39, 0.29) is 26.8 Å². The van der Waals surface area contributed by atoms with E-state index in [2.05, 4.69) is 5.32 Å². The third-order valence-electron chi connectivity index (χ3n) is 4.21. The molecule has 6 nitrogen and oxygen atoms in total. The SMILES string of the molecule is CCC(NC(=O)CN(c1cc(Cl)c(Cl)cc1Cl)S(C)(=O)=O)c1ccc(OC)cc1. The van der Waals surface area contributed by atoms with Crippen molar-refractivity contribution in [1.82, 2.24) is 5.32 Å². The standard InChI is InChI=1S/C19H21Cl3N2O4S/c1-4-17(12-5-7-13(28-2)8-6-12)23-19(25)11-24(29(3,26)27)18-10-15(21)14(20)9-16(18)22/h5-10,17H,4,11H2,1-3H3,(H,23,25). The highest BCUT2D eigenvalue weighted by Crippen LogP contribution is 2.35. The molecule has 0 heterocycles. The molecule has 1 amide bonds. The van der Waals surface area contributed by atoms with Crippen LogP contribution in [0.2, 0.25) is 15.1 Å². The number of carbonyl (C=O) groups is 1. The zero-order valence-electron chi connectivity index (χ0n) is 16.1. The summed E-state index contributed by atoms with van der Waals surface area (Å²) in [6, 6.07) is 9.64. The van der Waals surface area contributed by atoms with Crippen molar-refractivity contribution >= 4 is 56.4 Å². The summed E-state index contributed by atoms with van der Waals surface area (Å²) in [6.07, 6.45) is 1.60. The fraction of sp³-hybridized carbons (Fsp3) is 0.316. The van der Waals surface area contributed by atoms with Gasteiger partial charge in [0.15, 0.2) is 0 Å². The van der Waals surface area contributed by atoms with Crippen LogP contribution < -0.4 is 14.4 Å². The summed E-state index contributed by atoms with van der Waals surface area (Å²) in [5.41, 5.74) is 0.955. The van der Waals surface area contributed by atoms with Crippen LogP contribution in [-0.4, -0.2) is 34.2 Å². The maximum atomic E-state index is 12.7. The number of halogens is 3. The molecule has 1 atom stereocenters. The third-order valence-corrected chi connectivity index (χ3v) is 6.36. The van der Waals surface area contributed by atoms with E-state index >= 15 is 0 Å². The number of ether oxygens (including phenoxy) is 1. The number of nitrogens with one attached hydrogen (secondary N) is 1. The van der Waals surface area contributed by atoms with Crippen LogP contribution in [0.3, 0.4) is 0 Å². The molecular weight excluding hydrogens is 459 g/mol. The van der Waals surface area contributed by atoms with Crippen molar-refractivity contribution in [2.75, 3.05) is 24.2 Å². The van der Waals surface area contributed by atoms with E-state index in [1.165, 1.54) is 12.1 Å². The second-order valence-electron chi connectivity index (χ2n) is 6.29. The molecule has 2 rings (SSSR count). The molecule has 0 aliphatic rings. The Morgan fingerprint density at radius 3 is 2.21 bits per heavy atom. The molecule has 2 aromatic rings. The topological polar surface area (TPSA) is 75.7 Å². The minimum Gasteiger partial charge on any atom is -0.497 e. The van der Waals surface area contributed by atoms with Crippen LogP contribution in [0.25, 0.3) is 0 Å². The first-order chi connectivity index (χ1) is 13.6. The number of hydrogen-bond acceptors (Lipinski definition) is 4. The fourth-order valence-electron chi connectivity index (χ4n) is 2.71. The number of nitrogens with zero attached hydrogens (tertiary/aromatic N) is 1. The van der Waals surface area contributed by atoms with Crippen LogP contribution in [0.15, 0.2) is 36.4 Å². The molecule has 10 heteroatoms. The van der Waals surface area contributed by atoms with Crippen molar-refractivity contribution in [3.05, 3.63) is 57.0 Å². The average molecular weight is 480 g/mol. The van der Waals surface area contributed by atoms with E-state index in [1.54, 1.807) is 19.2 Å². The number of benzene rings is 2. The molecule has 29 heavy (non-hydrogen) atoms. The summed E-state index contributed by atoms with van der Waals surface area (Å²) in [5, 5.41) is 3.23. The van der Waals surface area contributed by atoms with Gasteiger partial charge in [-0.2, -0.15) is 0 Å². The van der Waals surface area contributed by atoms with E-state index in [9.17, 15) is 13.2 Å². The molecule has 0 spiro atoms. The van der Waals surface area contributed by atoms with E-state index in [0.717, 1.165) is 16.1 Å². The van der Waals surface area contributed by atoms with Gasteiger partial charge in [0, 0.05) is 0 Å². The van der Waals surface area contributed by atoms with Gasteiger partial charge in [-0.3, -0.25) is 9.10 Å². The Morgan fingerprint density at radius 2 is 1.69 bits per heavy atom. The van der Waals surface area contributed by atoms with Gasteiger partial charge < -0.3 is 10.1 Å². The highest BCUT2D eigenvalue weighted by atomic mass is 35.5. The van der Waals surface area contributed by atoms with Crippen LogP contribution >= 0.6 is 34.8 Å². The summed E-state index contributed by atoms with van der Waals surface area (Å²) in [5.74, 6) is 0.215. The predicted octanol–water partition coefficient (Wildman–Crippen LogP) is 4.69. The maximum absolute atomic E-state index is 12.7. The molecule has 0 aliphatic heterocycles. The van der Waals surface area contributed by atoms with Crippen LogP contribution in [0.1, 0.15) is 24.9 Å². The molecule has 158 valence electrons. The second-order valence-corrected chi connectivity index (χ2v) is 9.42. The van der Waals surface area contributed by atoms with E-state index in [1.807, 2.05) is 19.1 Å². The number of rotatable bonds is 8. The molecule has 0 radical (unpaired) electrons. The van der Waals surface area contributed by atoms with Gasteiger partial charge in [-0.25, -0.2) is 8.42 Å². The largest absolute Gasteiger partial charge is 0.497 e. The monoisotopic (exact) mass is 478 g/mol. The number of amides is 1. The number of anilines is 1. The smallest absolute Gasteiger partial charge is 0.241 e. The van der Waals surface area contributed by atoms with Gasteiger partial charge in [0.1, 0.15) is 12.3 Å². The molecule has 1 unspecified atom stereocenters. The average Bonchev–Trinajstić information content (AvgIpc) is 2.66. The lowest BCUT2D eigenvalue weighted by molar-refractivity contribution is -0.120. The third kappa shape index (κ3) is 6.15. The number of hydrogen-bond donors (Lipinski definition) is 1. The number of sulfonamides is 1. The summed E-state index contributed by atoms with van der Waals surface area (Å²) in [6.45, 7) is 1.46. The molecular formula is C19H21Cl3N2O4S. The van der Waals surface area contributed by atoms with Gasteiger partial charge in [0.25, 0.3) is 0 Å². The summed E-state index contributed by atoms with van der Waals surface area (Å²) < 4.78 is 30.7. The van der Waals surface area contributed by atoms with Gasteiger partial charge in [-0.15, -0.1) is 0 Å². The summed E-state index contributed by atoms with van der Waals surface area (Å²) in [4.78, 5) is 12.7. The number of methoxy groups -OCH3 is 1. The molecule has 0 saturated heterocycles. The van der Waals surface area contributed by atoms with Crippen LogP contribution in [0.4, 0.5) is 5.69 Å². The Bertz CT molecular complexity index is 982. The quantitative estimate of drug-likeness (QED) is 0.557. The molecule has 1 N–H and O–H groups in total. The molecule has 0 fully saturated rings. The van der Waals surface area contributed by atoms with E-state index < -0.39 is 22.5 Å². The van der Waals surface area contributed by atoms with Crippen LogP contribution in [-0.2, 0) is 14.8 Å². The maximum Gasteiger partial charge on any atom is 0.241 e. The second kappa shape index (κ2) is 9.89. The first-order valence-electron chi connectivity index (χ1n) is 8.62.